The summed E-state index contributed by atoms with van der Waals surface area (Å²) in [5.41, 5.74) is 0.475. The average molecular weight is 217 g/mol. The molecule has 0 heterocycles. The van der Waals surface area contributed by atoms with E-state index in [1.54, 1.807) is 5.94 Å². The van der Waals surface area contributed by atoms with Gasteiger partial charge in [0.2, 0.25) is 0 Å². The Balaban J connectivity index is 0.00000169. The normalized spacial score (nSPS) is 14.5. The number of rotatable bonds is 2. The van der Waals surface area contributed by atoms with Gasteiger partial charge in [0.25, 0.3) is 0 Å². The van der Waals surface area contributed by atoms with Gasteiger partial charge in [0.1, 0.15) is 11.7 Å². The minimum atomic E-state index is -1.06. The standard InChI is InChI=1S/C9H8O4.ClH/c1-13-8-4-6(5-10)2-3-7(8)9(11)12;/h2-3H,4H2,1H3,(H,11,12);1H. The summed E-state index contributed by atoms with van der Waals surface area (Å²) in [7, 11) is 1.37. The zero-order chi connectivity index (χ0) is 9.84. The highest BCUT2D eigenvalue weighted by Crippen LogP contribution is 2.21. The van der Waals surface area contributed by atoms with Crippen LogP contribution in [0.15, 0.2) is 29.1 Å². The highest BCUT2D eigenvalue weighted by molar-refractivity contribution is 5.91. The van der Waals surface area contributed by atoms with Crippen LogP contribution < -0.4 is 0 Å². The van der Waals surface area contributed by atoms with Crippen LogP contribution in [0.5, 0.6) is 0 Å². The number of allylic oxidation sites excluding steroid dienone is 2. The van der Waals surface area contributed by atoms with E-state index in [0.717, 1.165) is 0 Å². The Morgan fingerprint density at radius 1 is 1.57 bits per heavy atom. The fraction of sp³-hybridized carbons (Fsp3) is 0.222. The first-order chi connectivity index (χ1) is 6.19. The van der Waals surface area contributed by atoms with Crippen LogP contribution in [-0.2, 0) is 14.3 Å². The quantitative estimate of drug-likeness (QED) is 0.703. The fourth-order valence-electron chi connectivity index (χ4n) is 1.05. The van der Waals surface area contributed by atoms with Gasteiger partial charge in [0.15, 0.2) is 0 Å². The molecule has 14 heavy (non-hydrogen) atoms. The summed E-state index contributed by atoms with van der Waals surface area (Å²) in [6, 6.07) is 0. The van der Waals surface area contributed by atoms with E-state index in [2.05, 4.69) is 0 Å². The molecular weight excluding hydrogens is 208 g/mol. The molecule has 4 nitrogen and oxygen atoms in total. The summed E-state index contributed by atoms with van der Waals surface area (Å²) in [6.45, 7) is 0. The van der Waals surface area contributed by atoms with E-state index in [9.17, 15) is 9.59 Å². The highest BCUT2D eigenvalue weighted by atomic mass is 35.5. The summed E-state index contributed by atoms with van der Waals surface area (Å²) < 4.78 is 4.84. The number of hydrogen-bond donors (Lipinski definition) is 1. The molecule has 1 N–H and O–H groups in total. The lowest BCUT2D eigenvalue weighted by atomic mass is 10.0. The van der Waals surface area contributed by atoms with Crippen molar-refractivity contribution in [1.29, 1.82) is 0 Å². The maximum atomic E-state index is 10.6. The monoisotopic (exact) mass is 216 g/mol. The first-order valence-electron chi connectivity index (χ1n) is 3.61. The molecule has 0 unspecified atom stereocenters. The molecule has 0 aromatic rings. The summed E-state index contributed by atoms with van der Waals surface area (Å²) in [5, 5.41) is 8.70. The van der Waals surface area contributed by atoms with E-state index in [4.69, 9.17) is 9.84 Å². The Morgan fingerprint density at radius 3 is 2.64 bits per heavy atom. The molecule has 0 spiro atoms. The van der Waals surface area contributed by atoms with Gasteiger partial charge in [0, 0.05) is 12.0 Å². The number of hydrogen-bond acceptors (Lipinski definition) is 3. The zero-order valence-corrected chi connectivity index (χ0v) is 8.26. The number of halogens is 1. The van der Waals surface area contributed by atoms with Gasteiger partial charge >= 0.3 is 5.97 Å². The molecule has 1 aliphatic rings. The van der Waals surface area contributed by atoms with E-state index >= 15 is 0 Å². The smallest absolute Gasteiger partial charge is 0.339 e. The lowest BCUT2D eigenvalue weighted by Crippen LogP contribution is -2.07. The molecule has 76 valence electrons. The van der Waals surface area contributed by atoms with Crippen molar-refractivity contribution in [3.8, 4) is 0 Å². The molecule has 1 rings (SSSR count). The fourth-order valence-corrected chi connectivity index (χ4v) is 1.05. The topological polar surface area (TPSA) is 63.6 Å². The lowest BCUT2D eigenvalue weighted by molar-refractivity contribution is -0.132. The molecule has 0 aromatic carbocycles. The van der Waals surface area contributed by atoms with Crippen LogP contribution >= 0.6 is 12.4 Å². The molecule has 0 radical (unpaired) electrons. The van der Waals surface area contributed by atoms with Crippen molar-refractivity contribution in [2.45, 2.75) is 6.42 Å². The third kappa shape index (κ3) is 2.49. The molecule has 5 heteroatoms. The minimum Gasteiger partial charge on any atom is -0.500 e. The number of methoxy groups -OCH3 is 1. The Hall–Kier alpha value is -1.51. The molecule has 0 bridgehead atoms. The van der Waals surface area contributed by atoms with Crippen molar-refractivity contribution >= 4 is 24.3 Å². The summed E-state index contributed by atoms with van der Waals surface area (Å²) in [4.78, 5) is 20.9. The SMILES string of the molecule is COC1=C(C(=O)O)C=CC(=C=O)C1.Cl. The molecule has 1 aliphatic carbocycles. The number of carbonyl (C=O) groups is 1. The van der Waals surface area contributed by atoms with Gasteiger partial charge in [-0.15, -0.1) is 12.4 Å². The number of aliphatic carboxylic acids is 1. The van der Waals surface area contributed by atoms with Gasteiger partial charge in [-0.1, -0.05) is 0 Å². The Kier molecular flexibility index (Phi) is 4.70. The van der Waals surface area contributed by atoms with Gasteiger partial charge in [-0.3, -0.25) is 0 Å². The molecule has 0 fully saturated rings. The van der Waals surface area contributed by atoms with Crippen LogP contribution in [0.1, 0.15) is 6.42 Å². The largest absolute Gasteiger partial charge is 0.500 e. The zero-order valence-electron chi connectivity index (χ0n) is 7.44. The van der Waals surface area contributed by atoms with Crippen LogP contribution in [-0.4, -0.2) is 24.1 Å². The second-order valence-electron chi connectivity index (χ2n) is 2.48. The summed E-state index contributed by atoms with van der Waals surface area (Å²) in [5.74, 6) is 0.929. The van der Waals surface area contributed by atoms with Crippen LogP contribution in [0.3, 0.4) is 0 Å². The van der Waals surface area contributed by atoms with Gasteiger partial charge in [0.05, 0.1) is 12.7 Å². The van der Waals surface area contributed by atoms with Crippen LogP contribution in [0.4, 0.5) is 0 Å². The summed E-state index contributed by atoms with van der Waals surface area (Å²) >= 11 is 0. The number of carbonyl (C=O) groups excluding carboxylic acids is 1. The van der Waals surface area contributed by atoms with E-state index in [-0.39, 0.29) is 30.2 Å². The Labute approximate surface area is 87.0 Å². The molecule has 0 saturated heterocycles. The van der Waals surface area contributed by atoms with Crippen LogP contribution in [0, 0.1) is 0 Å². The summed E-state index contributed by atoms with van der Waals surface area (Å²) in [6.07, 6.45) is 2.96. The number of ether oxygens (including phenoxy) is 1. The molecule has 0 aromatic heterocycles. The van der Waals surface area contributed by atoms with Crippen molar-refractivity contribution in [1.82, 2.24) is 0 Å². The Bertz CT molecular complexity index is 348. The lowest BCUT2D eigenvalue weighted by Gasteiger charge is -2.11. The molecule has 0 aliphatic heterocycles. The van der Waals surface area contributed by atoms with Crippen LogP contribution in [0.25, 0.3) is 0 Å². The van der Waals surface area contributed by atoms with E-state index in [0.29, 0.717) is 5.57 Å². The van der Waals surface area contributed by atoms with E-state index < -0.39 is 5.97 Å². The predicted octanol–water partition coefficient (Wildman–Crippen LogP) is 1.11. The second-order valence-corrected chi connectivity index (χ2v) is 2.48. The van der Waals surface area contributed by atoms with Crippen molar-refractivity contribution < 1.29 is 19.4 Å². The third-order valence-electron chi connectivity index (χ3n) is 1.71. The van der Waals surface area contributed by atoms with Crippen molar-refractivity contribution in [3.63, 3.8) is 0 Å². The van der Waals surface area contributed by atoms with Crippen molar-refractivity contribution in [2.24, 2.45) is 0 Å². The van der Waals surface area contributed by atoms with Gasteiger partial charge < -0.3 is 9.84 Å². The molecule has 0 atom stereocenters. The predicted molar refractivity (Wildman–Crippen MR) is 51.9 cm³/mol. The van der Waals surface area contributed by atoms with E-state index in [1.807, 2.05) is 0 Å². The molecular formula is C9H9ClO4. The first-order valence-corrected chi connectivity index (χ1v) is 3.61. The van der Waals surface area contributed by atoms with Crippen LogP contribution in [0.2, 0.25) is 0 Å². The molecule has 0 saturated carbocycles. The van der Waals surface area contributed by atoms with Gasteiger partial charge in [-0.25, -0.2) is 9.59 Å². The highest BCUT2D eigenvalue weighted by Gasteiger charge is 2.17. The van der Waals surface area contributed by atoms with Gasteiger partial charge in [-0.2, -0.15) is 0 Å². The minimum absolute atomic E-state index is 0. The number of carboxylic acids is 1. The Morgan fingerprint density at radius 2 is 2.21 bits per heavy atom. The average Bonchev–Trinajstić information content (AvgIpc) is 2.16. The van der Waals surface area contributed by atoms with Gasteiger partial charge in [-0.05, 0) is 12.2 Å². The first kappa shape index (κ1) is 12.5. The van der Waals surface area contributed by atoms with E-state index in [1.165, 1.54) is 19.3 Å². The third-order valence-corrected chi connectivity index (χ3v) is 1.71. The second kappa shape index (κ2) is 5.27. The van der Waals surface area contributed by atoms with Crippen molar-refractivity contribution in [2.75, 3.05) is 7.11 Å². The maximum Gasteiger partial charge on any atom is 0.339 e. The molecule has 0 amide bonds. The van der Waals surface area contributed by atoms with Crippen molar-refractivity contribution in [3.05, 3.63) is 29.1 Å². The maximum absolute atomic E-state index is 10.6. The number of carboxylic acid groups (broad SMARTS) is 1.